The summed E-state index contributed by atoms with van der Waals surface area (Å²) in [5.41, 5.74) is 1.11. The van der Waals surface area contributed by atoms with Crippen LogP contribution < -0.4 is 0 Å². The van der Waals surface area contributed by atoms with Crippen LogP contribution in [0.5, 0.6) is 0 Å². The van der Waals surface area contributed by atoms with Crippen molar-refractivity contribution in [2.45, 2.75) is 89.4 Å². The van der Waals surface area contributed by atoms with E-state index in [0.29, 0.717) is 24.2 Å². The van der Waals surface area contributed by atoms with Gasteiger partial charge in [0.2, 0.25) is 0 Å². The molecule has 5 aliphatic rings. The van der Waals surface area contributed by atoms with E-state index in [-0.39, 0.29) is 30.4 Å². The number of allylic oxidation sites excluding steroid dienone is 2. The summed E-state index contributed by atoms with van der Waals surface area (Å²) in [4.78, 5) is 30.4. The number of carbonyl (C=O) groups excluding carboxylic acids is 1. The molecule has 1 saturated heterocycles. The molecule has 0 aromatic rings. The number of terminal acetylenes is 1. The molecule has 0 aromatic carbocycles. The van der Waals surface area contributed by atoms with Crippen molar-refractivity contribution < 1.29 is 29.7 Å². The Morgan fingerprint density at radius 1 is 1.19 bits per heavy atom. The number of fused-ring (bicyclic) bond motifs is 5. The van der Waals surface area contributed by atoms with E-state index >= 15 is 0 Å². The zero-order valence-corrected chi connectivity index (χ0v) is 21.3. The summed E-state index contributed by atoms with van der Waals surface area (Å²) >= 11 is 0. The van der Waals surface area contributed by atoms with Crippen molar-refractivity contribution in [2.24, 2.45) is 33.7 Å². The van der Waals surface area contributed by atoms with E-state index in [9.17, 15) is 24.9 Å². The van der Waals surface area contributed by atoms with Gasteiger partial charge in [-0.3, -0.25) is 4.79 Å². The fraction of sp³-hybridized carbons (Fsp3) is 0.750. The molecule has 0 aromatic heterocycles. The molecule has 8 atom stereocenters. The zero-order chi connectivity index (χ0) is 25.9. The van der Waals surface area contributed by atoms with Gasteiger partial charge in [0.1, 0.15) is 11.6 Å². The second-order valence-corrected chi connectivity index (χ2v) is 12.1. The molecule has 1 heterocycles. The standard InChI is InChI=1S/C28H38N2O6/c1-4-28(35)12-9-22-20-6-5-17-13-18(7-10-26(17,2)21(20)8-11-27(22,28)3)29-36-16-24(32)30-15-19(31)14-23(30)25(33)34/h1,13,19-23,31,35H,5-12,14-16H2,2-3H3,(H,33,34)/b29-18+/t19-,20+,21-,22-,23-,26-,27-,28+/m0/s1. The van der Waals surface area contributed by atoms with Gasteiger partial charge in [-0.25, -0.2) is 4.79 Å². The van der Waals surface area contributed by atoms with E-state index in [1.54, 1.807) is 0 Å². The van der Waals surface area contributed by atoms with E-state index in [2.05, 4.69) is 31.0 Å². The van der Waals surface area contributed by atoms with Crippen LogP contribution in [-0.4, -0.2) is 68.7 Å². The average molecular weight is 499 g/mol. The topological polar surface area (TPSA) is 120 Å². The van der Waals surface area contributed by atoms with Gasteiger partial charge >= 0.3 is 5.97 Å². The molecule has 0 bridgehead atoms. The Bertz CT molecular complexity index is 1050. The number of hydrogen-bond acceptors (Lipinski definition) is 6. The third-order valence-electron chi connectivity index (χ3n) is 10.6. The van der Waals surface area contributed by atoms with Crippen LogP contribution in [-0.2, 0) is 14.4 Å². The molecule has 1 amide bonds. The summed E-state index contributed by atoms with van der Waals surface area (Å²) in [5, 5.41) is 34.5. The van der Waals surface area contributed by atoms with Gasteiger partial charge in [0.05, 0.1) is 11.8 Å². The number of rotatable bonds is 4. The number of hydrogen-bond donors (Lipinski definition) is 3. The summed E-state index contributed by atoms with van der Waals surface area (Å²) in [6, 6.07) is -1.02. The fourth-order valence-electron chi connectivity index (χ4n) is 8.47. The molecule has 196 valence electrons. The Balaban J connectivity index is 1.25. The normalized spacial score (nSPS) is 44.8. The van der Waals surface area contributed by atoms with Crippen LogP contribution >= 0.6 is 0 Å². The average Bonchev–Trinajstić information content (AvgIpc) is 3.37. The second-order valence-electron chi connectivity index (χ2n) is 12.1. The van der Waals surface area contributed by atoms with E-state index in [0.717, 1.165) is 55.6 Å². The molecule has 3 saturated carbocycles. The Kier molecular flexibility index (Phi) is 6.24. The SMILES string of the molecule is C#C[C@@]1(O)CC[C@H]2[C@@H]3CCC4=C/C(=N/OCC(=O)N5C[C@@H](O)C[C@H]5C(=O)O)CC[C@]4(C)[C@H]3CC[C@@]21C. The number of aliphatic carboxylic acids is 1. The van der Waals surface area contributed by atoms with Crippen molar-refractivity contribution in [3.8, 4) is 12.3 Å². The number of nitrogens with zero attached hydrogens (tertiary/aromatic N) is 2. The highest BCUT2D eigenvalue weighted by atomic mass is 16.6. The largest absolute Gasteiger partial charge is 0.480 e. The van der Waals surface area contributed by atoms with Crippen molar-refractivity contribution in [2.75, 3.05) is 13.2 Å². The molecule has 0 radical (unpaired) electrons. The Morgan fingerprint density at radius 2 is 1.94 bits per heavy atom. The predicted octanol–water partition coefficient (Wildman–Crippen LogP) is 2.73. The van der Waals surface area contributed by atoms with Crippen molar-refractivity contribution in [1.82, 2.24) is 4.90 Å². The number of oxime groups is 1. The van der Waals surface area contributed by atoms with Gasteiger partial charge in [-0.2, -0.15) is 0 Å². The third kappa shape index (κ3) is 3.78. The zero-order valence-electron chi connectivity index (χ0n) is 21.3. The third-order valence-corrected chi connectivity index (χ3v) is 10.6. The molecule has 0 spiro atoms. The minimum Gasteiger partial charge on any atom is -0.480 e. The number of likely N-dealkylation sites (tertiary alicyclic amines) is 1. The van der Waals surface area contributed by atoms with E-state index < -0.39 is 29.6 Å². The van der Waals surface area contributed by atoms with E-state index in [1.807, 2.05) is 0 Å². The molecule has 8 heteroatoms. The number of β-amino-alcohol motifs (C(OH)–C–C–N with tert-alkyl or cyclic N) is 1. The molecule has 36 heavy (non-hydrogen) atoms. The number of carboxylic acids is 1. The highest BCUT2D eigenvalue weighted by molar-refractivity contribution is 5.96. The molecule has 3 N–H and O–H groups in total. The fourth-order valence-corrected chi connectivity index (χ4v) is 8.47. The summed E-state index contributed by atoms with van der Waals surface area (Å²) in [6.45, 7) is 4.25. The van der Waals surface area contributed by atoms with Crippen LogP contribution in [0.15, 0.2) is 16.8 Å². The first-order valence-corrected chi connectivity index (χ1v) is 13.3. The smallest absolute Gasteiger partial charge is 0.326 e. The highest BCUT2D eigenvalue weighted by Crippen LogP contribution is 2.67. The molecule has 8 nitrogen and oxygen atoms in total. The van der Waals surface area contributed by atoms with Crippen molar-refractivity contribution in [3.05, 3.63) is 11.6 Å². The van der Waals surface area contributed by atoms with E-state index in [1.165, 1.54) is 5.57 Å². The molecule has 4 aliphatic carbocycles. The minimum absolute atomic E-state index is 0.000520. The Morgan fingerprint density at radius 3 is 2.67 bits per heavy atom. The van der Waals surface area contributed by atoms with Crippen molar-refractivity contribution >= 4 is 17.6 Å². The van der Waals surface area contributed by atoms with Gasteiger partial charge in [0.15, 0.2) is 6.61 Å². The van der Waals surface area contributed by atoms with E-state index in [4.69, 9.17) is 11.3 Å². The van der Waals surface area contributed by atoms with Gasteiger partial charge in [-0.1, -0.05) is 30.5 Å². The number of carbonyl (C=O) groups is 2. The maximum atomic E-state index is 12.5. The minimum atomic E-state index is -1.12. The summed E-state index contributed by atoms with van der Waals surface area (Å²) in [6.07, 6.45) is 14.7. The quantitative estimate of drug-likeness (QED) is 0.405. The lowest BCUT2D eigenvalue weighted by atomic mass is 9.46. The summed E-state index contributed by atoms with van der Waals surface area (Å²) in [7, 11) is 0. The monoisotopic (exact) mass is 498 g/mol. The maximum absolute atomic E-state index is 12.5. The summed E-state index contributed by atoms with van der Waals surface area (Å²) in [5.74, 6) is 2.73. The van der Waals surface area contributed by atoms with Gasteiger partial charge < -0.3 is 25.1 Å². The van der Waals surface area contributed by atoms with Crippen LogP contribution in [0.1, 0.15) is 71.6 Å². The summed E-state index contributed by atoms with van der Waals surface area (Å²) < 4.78 is 0. The number of aliphatic hydroxyl groups excluding tert-OH is 1. The highest BCUT2D eigenvalue weighted by Gasteiger charge is 2.63. The first kappa shape index (κ1) is 25.3. The van der Waals surface area contributed by atoms with Crippen molar-refractivity contribution in [3.63, 3.8) is 0 Å². The van der Waals surface area contributed by atoms with Gasteiger partial charge in [0.25, 0.3) is 5.91 Å². The lowest BCUT2D eigenvalue weighted by molar-refractivity contribution is -0.150. The molecule has 0 unspecified atom stereocenters. The second kappa shape index (κ2) is 8.88. The van der Waals surface area contributed by atoms with Gasteiger partial charge in [0, 0.05) is 18.4 Å². The molecular formula is C28H38N2O6. The molecular weight excluding hydrogens is 460 g/mol. The lowest BCUT2D eigenvalue weighted by Crippen LogP contribution is -2.54. The van der Waals surface area contributed by atoms with Crippen LogP contribution in [0.2, 0.25) is 0 Å². The number of aliphatic hydroxyl groups is 2. The molecule has 5 rings (SSSR count). The first-order chi connectivity index (χ1) is 17.0. The Hall–Kier alpha value is -2.37. The van der Waals surface area contributed by atoms with Crippen LogP contribution in [0.3, 0.4) is 0 Å². The maximum Gasteiger partial charge on any atom is 0.326 e. The first-order valence-electron chi connectivity index (χ1n) is 13.3. The van der Waals surface area contributed by atoms with Gasteiger partial charge in [-0.05, 0) is 80.6 Å². The number of amides is 1. The molecule has 4 fully saturated rings. The lowest BCUT2D eigenvalue weighted by Gasteiger charge is -2.58. The Labute approximate surface area is 212 Å². The van der Waals surface area contributed by atoms with Crippen molar-refractivity contribution in [1.29, 1.82) is 0 Å². The van der Waals surface area contributed by atoms with Crippen LogP contribution in [0.4, 0.5) is 0 Å². The predicted molar refractivity (Wildman–Crippen MR) is 133 cm³/mol. The van der Waals surface area contributed by atoms with Crippen LogP contribution in [0.25, 0.3) is 0 Å². The molecule has 1 aliphatic heterocycles. The van der Waals surface area contributed by atoms with Crippen LogP contribution in [0, 0.1) is 40.9 Å². The number of carboxylic acid groups (broad SMARTS) is 1. The van der Waals surface area contributed by atoms with Gasteiger partial charge in [-0.15, -0.1) is 6.42 Å².